The molecule has 0 aromatic carbocycles. The maximum Gasteiger partial charge on any atom is 0.235 e. The molecule has 6 heteroatoms. The monoisotopic (exact) mass is 214 g/mol. The van der Waals surface area contributed by atoms with Crippen molar-refractivity contribution in [1.82, 2.24) is 9.36 Å². The van der Waals surface area contributed by atoms with Gasteiger partial charge < -0.3 is 0 Å². The highest BCUT2D eigenvalue weighted by molar-refractivity contribution is 8.01. The molecule has 1 aromatic rings. The summed E-state index contributed by atoms with van der Waals surface area (Å²) in [6, 6.07) is 0. The van der Waals surface area contributed by atoms with Gasteiger partial charge in [-0.25, -0.2) is 0 Å². The summed E-state index contributed by atoms with van der Waals surface area (Å²) >= 11 is 13.8. The third-order valence-electron chi connectivity index (χ3n) is 0.685. The van der Waals surface area contributed by atoms with Gasteiger partial charge in [0.25, 0.3) is 0 Å². The first-order valence-corrected chi connectivity index (χ1v) is 5.18. The summed E-state index contributed by atoms with van der Waals surface area (Å²) in [5.41, 5.74) is 0. The van der Waals surface area contributed by atoms with Gasteiger partial charge in [0.2, 0.25) is 5.28 Å². The second kappa shape index (κ2) is 4.38. The fourth-order valence-corrected chi connectivity index (χ4v) is 2.19. The molecule has 1 rings (SSSR count). The molecule has 0 bridgehead atoms. The highest BCUT2D eigenvalue weighted by atomic mass is 35.5. The molecule has 1 heterocycles. The Morgan fingerprint density at radius 2 is 2.40 bits per heavy atom. The lowest BCUT2D eigenvalue weighted by Crippen LogP contribution is -1.76. The first-order chi connectivity index (χ1) is 4.83. The molecule has 2 nitrogen and oxygen atoms in total. The van der Waals surface area contributed by atoms with Crippen molar-refractivity contribution in [3.8, 4) is 0 Å². The molecule has 0 fully saturated rings. The summed E-state index contributed by atoms with van der Waals surface area (Å²) in [6.07, 6.45) is 0. The molecule has 0 radical (unpaired) electrons. The van der Waals surface area contributed by atoms with Crippen LogP contribution in [0.25, 0.3) is 0 Å². The maximum absolute atomic E-state index is 5.48. The van der Waals surface area contributed by atoms with E-state index in [0.29, 0.717) is 11.2 Å². The molecule has 0 aliphatic heterocycles. The number of hydrogen-bond donors (Lipinski definition) is 0. The Morgan fingerprint density at radius 1 is 1.60 bits per heavy atom. The second-order valence-electron chi connectivity index (χ2n) is 1.37. The average molecular weight is 215 g/mol. The van der Waals surface area contributed by atoms with E-state index in [9.17, 15) is 0 Å². The molecule has 10 heavy (non-hydrogen) atoms. The number of alkyl halides is 1. The standard InChI is InChI=1S/C4H4Cl2N2S2/c5-1-2-9-4-7-3(6)8-10-4/h1-2H2. The molecule has 56 valence electrons. The van der Waals surface area contributed by atoms with E-state index < -0.39 is 0 Å². The van der Waals surface area contributed by atoms with E-state index in [1.54, 1.807) is 11.8 Å². The number of hydrogen-bond acceptors (Lipinski definition) is 4. The molecule has 0 aliphatic rings. The smallest absolute Gasteiger partial charge is 0.198 e. The summed E-state index contributed by atoms with van der Waals surface area (Å²) in [5.74, 6) is 1.48. The summed E-state index contributed by atoms with van der Waals surface area (Å²) in [6.45, 7) is 0. The van der Waals surface area contributed by atoms with Gasteiger partial charge in [-0.1, -0.05) is 11.8 Å². The van der Waals surface area contributed by atoms with Gasteiger partial charge in [-0.15, -0.1) is 11.6 Å². The molecule has 1 aromatic heterocycles. The Hall–Kier alpha value is 0.490. The minimum Gasteiger partial charge on any atom is -0.198 e. The Balaban J connectivity index is 2.42. The molecular formula is C4H4Cl2N2S2. The van der Waals surface area contributed by atoms with Crippen molar-refractivity contribution < 1.29 is 0 Å². The molecule has 0 unspecified atom stereocenters. The zero-order valence-electron chi connectivity index (χ0n) is 4.88. The lowest BCUT2D eigenvalue weighted by atomic mass is 11.0. The first-order valence-electron chi connectivity index (χ1n) is 2.51. The summed E-state index contributed by atoms with van der Waals surface area (Å²) in [4.78, 5) is 3.93. The zero-order chi connectivity index (χ0) is 7.40. The second-order valence-corrected chi connectivity index (χ2v) is 4.18. The van der Waals surface area contributed by atoms with Crippen LogP contribution in [0.15, 0.2) is 4.34 Å². The van der Waals surface area contributed by atoms with E-state index in [0.717, 1.165) is 10.1 Å². The molecule has 0 aliphatic carbocycles. The van der Waals surface area contributed by atoms with Crippen molar-refractivity contribution in [3.63, 3.8) is 0 Å². The Bertz CT molecular complexity index is 203. The molecular weight excluding hydrogens is 211 g/mol. The van der Waals surface area contributed by atoms with Crippen molar-refractivity contribution >= 4 is 46.5 Å². The van der Waals surface area contributed by atoms with Crippen LogP contribution in [0.4, 0.5) is 0 Å². The topological polar surface area (TPSA) is 25.8 Å². The van der Waals surface area contributed by atoms with Gasteiger partial charge in [0.15, 0.2) is 4.34 Å². The van der Waals surface area contributed by atoms with Crippen LogP contribution in [0.1, 0.15) is 0 Å². The van der Waals surface area contributed by atoms with Crippen molar-refractivity contribution in [2.45, 2.75) is 4.34 Å². The van der Waals surface area contributed by atoms with E-state index in [2.05, 4.69) is 9.36 Å². The van der Waals surface area contributed by atoms with Gasteiger partial charge in [0.05, 0.1) is 0 Å². The SMILES string of the molecule is ClCCSc1nc(Cl)ns1. The molecule has 0 spiro atoms. The number of thioether (sulfide) groups is 1. The van der Waals surface area contributed by atoms with Crippen LogP contribution in [-0.4, -0.2) is 21.0 Å². The predicted octanol–water partition coefficient (Wildman–Crippen LogP) is 2.52. The normalized spacial score (nSPS) is 10.2. The Labute approximate surface area is 77.1 Å². The van der Waals surface area contributed by atoms with E-state index in [1.807, 2.05) is 0 Å². The molecule has 0 N–H and O–H groups in total. The van der Waals surface area contributed by atoms with Crippen LogP contribution in [-0.2, 0) is 0 Å². The fraction of sp³-hybridized carbons (Fsp3) is 0.500. The number of rotatable bonds is 3. The van der Waals surface area contributed by atoms with E-state index in [4.69, 9.17) is 23.2 Å². The van der Waals surface area contributed by atoms with Crippen molar-refractivity contribution in [1.29, 1.82) is 0 Å². The summed E-state index contributed by atoms with van der Waals surface area (Å²) in [7, 11) is 0. The Morgan fingerprint density at radius 3 is 2.90 bits per heavy atom. The van der Waals surface area contributed by atoms with Crippen molar-refractivity contribution in [3.05, 3.63) is 5.28 Å². The van der Waals surface area contributed by atoms with Gasteiger partial charge in [-0.3, -0.25) is 0 Å². The van der Waals surface area contributed by atoms with E-state index in [-0.39, 0.29) is 0 Å². The minimum absolute atomic E-state index is 0.321. The van der Waals surface area contributed by atoms with Crippen LogP contribution in [0.3, 0.4) is 0 Å². The summed E-state index contributed by atoms with van der Waals surface area (Å²) in [5, 5.41) is 0.321. The van der Waals surface area contributed by atoms with Gasteiger partial charge in [0.1, 0.15) is 0 Å². The lowest BCUT2D eigenvalue weighted by Gasteiger charge is -1.86. The van der Waals surface area contributed by atoms with Crippen LogP contribution < -0.4 is 0 Å². The first kappa shape index (κ1) is 8.59. The quantitative estimate of drug-likeness (QED) is 0.572. The summed E-state index contributed by atoms with van der Waals surface area (Å²) < 4.78 is 4.68. The van der Waals surface area contributed by atoms with Crippen molar-refractivity contribution in [2.24, 2.45) is 0 Å². The van der Waals surface area contributed by atoms with Crippen molar-refractivity contribution in [2.75, 3.05) is 11.6 Å². The zero-order valence-corrected chi connectivity index (χ0v) is 8.03. The van der Waals surface area contributed by atoms with Crippen LogP contribution in [0.2, 0.25) is 5.28 Å². The lowest BCUT2D eigenvalue weighted by molar-refractivity contribution is 1.21. The Kier molecular flexibility index (Phi) is 3.76. The van der Waals surface area contributed by atoms with Gasteiger partial charge in [-0.05, 0) is 23.1 Å². The van der Waals surface area contributed by atoms with Gasteiger partial charge >= 0.3 is 0 Å². The highest BCUT2D eigenvalue weighted by Gasteiger charge is 1.99. The number of nitrogens with zero attached hydrogens (tertiary/aromatic N) is 2. The fourth-order valence-electron chi connectivity index (χ4n) is 0.377. The highest BCUT2D eigenvalue weighted by Crippen LogP contribution is 2.21. The number of aromatic nitrogens is 2. The van der Waals surface area contributed by atoms with Crippen LogP contribution in [0.5, 0.6) is 0 Å². The van der Waals surface area contributed by atoms with Crippen LogP contribution >= 0.6 is 46.5 Å². The van der Waals surface area contributed by atoms with Gasteiger partial charge in [0, 0.05) is 11.6 Å². The molecule has 0 saturated carbocycles. The third kappa shape index (κ3) is 2.62. The largest absolute Gasteiger partial charge is 0.235 e. The van der Waals surface area contributed by atoms with E-state index >= 15 is 0 Å². The predicted molar refractivity (Wildman–Crippen MR) is 46.4 cm³/mol. The minimum atomic E-state index is 0.321. The molecule has 0 amide bonds. The van der Waals surface area contributed by atoms with Crippen LogP contribution in [0, 0.1) is 0 Å². The average Bonchev–Trinajstić information content (AvgIpc) is 2.31. The van der Waals surface area contributed by atoms with Gasteiger partial charge in [-0.2, -0.15) is 9.36 Å². The third-order valence-corrected chi connectivity index (χ3v) is 3.20. The number of halogens is 2. The molecule has 0 atom stereocenters. The van der Waals surface area contributed by atoms with E-state index in [1.165, 1.54) is 11.5 Å². The molecule has 0 saturated heterocycles. The maximum atomic E-state index is 5.48.